The van der Waals surface area contributed by atoms with E-state index in [1.807, 2.05) is 44.2 Å². The van der Waals surface area contributed by atoms with Gasteiger partial charge in [0.25, 0.3) is 0 Å². The van der Waals surface area contributed by atoms with Gasteiger partial charge in [0.2, 0.25) is 0 Å². The molecule has 0 saturated heterocycles. The molecule has 1 heteroatoms. The second-order valence-corrected chi connectivity index (χ2v) is 5.54. The van der Waals surface area contributed by atoms with Crippen molar-refractivity contribution < 1.29 is 4.79 Å². The normalized spacial score (nSPS) is 13.0. The van der Waals surface area contributed by atoms with Gasteiger partial charge >= 0.3 is 0 Å². The van der Waals surface area contributed by atoms with E-state index in [0.717, 1.165) is 16.7 Å². The van der Waals surface area contributed by atoms with Crippen molar-refractivity contribution in [2.24, 2.45) is 5.92 Å². The summed E-state index contributed by atoms with van der Waals surface area (Å²) >= 11 is 0. The molecule has 0 unspecified atom stereocenters. The highest BCUT2D eigenvalue weighted by Crippen LogP contribution is 2.15. The Kier molecular flexibility index (Phi) is 5.29. The summed E-state index contributed by atoms with van der Waals surface area (Å²) in [4.78, 5) is 12.3. The van der Waals surface area contributed by atoms with E-state index in [0.29, 0.717) is 5.92 Å². The number of carbonyl (C=O) groups excluding carboxylic acids is 1. The molecule has 102 valence electrons. The number of Topliss-reactive ketones (excluding diaryl/α,β-unsaturated/α-hetero) is 1. The summed E-state index contributed by atoms with van der Waals surface area (Å²) < 4.78 is 0. The Morgan fingerprint density at radius 1 is 1.05 bits per heavy atom. The zero-order chi connectivity index (χ0) is 14.6. The van der Waals surface area contributed by atoms with Crippen LogP contribution in [0.2, 0.25) is 0 Å². The Balaban J connectivity index is 2.96. The quantitative estimate of drug-likeness (QED) is 0.419. The lowest BCUT2D eigenvalue weighted by atomic mass is 9.99. The highest BCUT2D eigenvalue weighted by Gasteiger charge is 2.08. The van der Waals surface area contributed by atoms with E-state index in [4.69, 9.17) is 0 Å². The van der Waals surface area contributed by atoms with Crippen molar-refractivity contribution in [3.8, 4) is 0 Å². The first-order chi connectivity index (χ1) is 8.82. The summed E-state index contributed by atoms with van der Waals surface area (Å²) in [5.41, 5.74) is 5.21. The average molecular weight is 256 g/mol. The zero-order valence-corrected chi connectivity index (χ0v) is 12.9. The topological polar surface area (TPSA) is 17.1 Å². The number of aryl methyl sites for hydroxylation is 2. The summed E-state index contributed by atoms with van der Waals surface area (Å²) in [5, 5.41) is 0. The standard InChI is InChI=1S/C18H24O/c1-12(2)13(3)7-8-15(5)18(19)17-10-9-14(4)16(6)11-17/h7-12H,1-6H3. The predicted molar refractivity (Wildman–Crippen MR) is 82.6 cm³/mol. The maximum Gasteiger partial charge on any atom is 0.188 e. The van der Waals surface area contributed by atoms with Gasteiger partial charge in [-0.3, -0.25) is 4.79 Å². The number of ketones is 1. The van der Waals surface area contributed by atoms with E-state index in [-0.39, 0.29) is 5.78 Å². The van der Waals surface area contributed by atoms with Crippen molar-refractivity contribution in [2.45, 2.75) is 41.5 Å². The van der Waals surface area contributed by atoms with Crippen LogP contribution < -0.4 is 0 Å². The second kappa shape index (κ2) is 6.51. The fraction of sp³-hybridized carbons (Fsp3) is 0.389. The summed E-state index contributed by atoms with van der Waals surface area (Å²) in [6.07, 6.45) is 3.96. The molecular weight excluding hydrogens is 232 g/mol. The first-order valence-corrected chi connectivity index (χ1v) is 6.80. The molecule has 1 aromatic rings. The van der Waals surface area contributed by atoms with Crippen LogP contribution in [0.1, 0.15) is 49.2 Å². The summed E-state index contributed by atoms with van der Waals surface area (Å²) in [6, 6.07) is 5.88. The Morgan fingerprint density at radius 2 is 1.68 bits per heavy atom. The minimum atomic E-state index is 0.107. The molecule has 0 amide bonds. The van der Waals surface area contributed by atoms with Crippen molar-refractivity contribution >= 4 is 5.78 Å². The molecule has 0 atom stereocenters. The van der Waals surface area contributed by atoms with Crippen molar-refractivity contribution in [1.82, 2.24) is 0 Å². The fourth-order valence-corrected chi connectivity index (χ4v) is 1.63. The van der Waals surface area contributed by atoms with E-state index in [1.165, 1.54) is 11.1 Å². The minimum Gasteiger partial charge on any atom is -0.289 e. The van der Waals surface area contributed by atoms with Gasteiger partial charge in [0.1, 0.15) is 0 Å². The highest BCUT2D eigenvalue weighted by molar-refractivity contribution is 6.08. The van der Waals surface area contributed by atoms with Gasteiger partial charge in [-0.25, -0.2) is 0 Å². The molecule has 1 nitrogen and oxygen atoms in total. The molecule has 0 fully saturated rings. The summed E-state index contributed by atoms with van der Waals surface area (Å²) in [7, 11) is 0. The van der Waals surface area contributed by atoms with E-state index in [2.05, 4.69) is 27.7 Å². The number of hydrogen-bond acceptors (Lipinski definition) is 1. The van der Waals surface area contributed by atoms with E-state index in [1.54, 1.807) is 0 Å². The average Bonchev–Trinajstić information content (AvgIpc) is 2.37. The highest BCUT2D eigenvalue weighted by atomic mass is 16.1. The lowest BCUT2D eigenvalue weighted by molar-refractivity contribution is 0.103. The monoisotopic (exact) mass is 256 g/mol. The van der Waals surface area contributed by atoms with Gasteiger partial charge in [-0.05, 0) is 56.4 Å². The molecular formula is C18H24O. The summed E-state index contributed by atoms with van der Waals surface area (Å²) in [6.45, 7) is 12.4. The molecule has 0 bridgehead atoms. The minimum absolute atomic E-state index is 0.107. The summed E-state index contributed by atoms with van der Waals surface area (Å²) in [5.74, 6) is 0.622. The van der Waals surface area contributed by atoms with Crippen LogP contribution in [0.3, 0.4) is 0 Å². The van der Waals surface area contributed by atoms with Gasteiger partial charge in [-0.1, -0.05) is 43.7 Å². The number of hydrogen-bond donors (Lipinski definition) is 0. The molecule has 0 spiro atoms. The van der Waals surface area contributed by atoms with Crippen molar-refractivity contribution in [3.63, 3.8) is 0 Å². The van der Waals surface area contributed by atoms with Crippen LogP contribution in [0.4, 0.5) is 0 Å². The van der Waals surface area contributed by atoms with Crippen molar-refractivity contribution in [1.29, 1.82) is 0 Å². The third kappa shape index (κ3) is 4.20. The van der Waals surface area contributed by atoms with Crippen molar-refractivity contribution in [2.75, 3.05) is 0 Å². The van der Waals surface area contributed by atoms with E-state index >= 15 is 0 Å². The first kappa shape index (κ1) is 15.4. The van der Waals surface area contributed by atoms with Crippen LogP contribution in [0.25, 0.3) is 0 Å². The molecule has 0 aromatic heterocycles. The largest absolute Gasteiger partial charge is 0.289 e. The molecule has 0 heterocycles. The Hall–Kier alpha value is -1.63. The number of carbonyl (C=O) groups is 1. The van der Waals surface area contributed by atoms with Gasteiger partial charge in [0.15, 0.2) is 5.78 Å². The number of allylic oxidation sites excluding steroid dienone is 4. The van der Waals surface area contributed by atoms with Crippen LogP contribution in [0.5, 0.6) is 0 Å². The molecule has 0 aliphatic rings. The predicted octanol–water partition coefficient (Wildman–Crippen LogP) is 5.03. The number of rotatable bonds is 4. The molecule has 0 aliphatic carbocycles. The first-order valence-electron chi connectivity index (χ1n) is 6.80. The van der Waals surface area contributed by atoms with Crippen LogP contribution in [0.15, 0.2) is 41.5 Å². The van der Waals surface area contributed by atoms with E-state index < -0.39 is 0 Å². The van der Waals surface area contributed by atoms with Crippen LogP contribution in [-0.2, 0) is 0 Å². The van der Waals surface area contributed by atoms with Gasteiger partial charge in [0.05, 0.1) is 0 Å². The molecule has 1 aromatic carbocycles. The van der Waals surface area contributed by atoms with Crippen LogP contribution in [0, 0.1) is 19.8 Å². The molecule has 19 heavy (non-hydrogen) atoms. The lowest BCUT2D eigenvalue weighted by Crippen LogP contribution is -2.01. The molecule has 1 rings (SSSR count). The van der Waals surface area contributed by atoms with Crippen molar-refractivity contribution in [3.05, 3.63) is 58.2 Å². The van der Waals surface area contributed by atoms with Gasteiger partial charge in [0, 0.05) is 5.56 Å². The number of benzene rings is 1. The smallest absolute Gasteiger partial charge is 0.188 e. The fourth-order valence-electron chi connectivity index (χ4n) is 1.63. The molecule has 0 aliphatic heterocycles. The maximum atomic E-state index is 12.3. The second-order valence-electron chi connectivity index (χ2n) is 5.54. The maximum absolute atomic E-state index is 12.3. The molecule has 0 N–H and O–H groups in total. The molecule has 0 radical (unpaired) electrons. The third-order valence-corrected chi connectivity index (χ3v) is 3.63. The Labute approximate surface area is 117 Å². The van der Waals surface area contributed by atoms with E-state index in [9.17, 15) is 4.79 Å². The zero-order valence-electron chi connectivity index (χ0n) is 12.9. The van der Waals surface area contributed by atoms with Gasteiger partial charge in [-0.2, -0.15) is 0 Å². The Bertz CT molecular complexity index is 531. The third-order valence-electron chi connectivity index (χ3n) is 3.63. The molecule has 0 saturated carbocycles. The van der Waals surface area contributed by atoms with Gasteiger partial charge in [-0.15, -0.1) is 0 Å². The van der Waals surface area contributed by atoms with Gasteiger partial charge < -0.3 is 0 Å². The van der Waals surface area contributed by atoms with Crippen LogP contribution >= 0.6 is 0 Å². The van der Waals surface area contributed by atoms with Crippen LogP contribution in [-0.4, -0.2) is 5.78 Å². The SMILES string of the molecule is CC(=CC=C(C)C(C)C)C(=O)c1ccc(C)c(C)c1. The lowest BCUT2D eigenvalue weighted by Gasteiger charge is -2.05. The Morgan fingerprint density at radius 3 is 2.21 bits per heavy atom.